The van der Waals surface area contributed by atoms with Crippen molar-refractivity contribution in [3.63, 3.8) is 0 Å². The van der Waals surface area contributed by atoms with Crippen LogP contribution in [0.2, 0.25) is 0 Å². The quantitative estimate of drug-likeness (QED) is 0.414. The number of anilines is 1. The summed E-state index contributed by atoms with van der Waals surface area (Å²) in [6.45, 7) is 6.33. The molecular weight excluding hydrogens is 526 g/mol. The summed E-state index contributed by atoms with van der Waals surface area (Å²) >= 11 is 0. The largest absolute Gasteiger partial charge is 0.326 e. The molecular formula is C31H43N3O5S. The van der Waals surface area contributed by atoms with E-state index in [1.54, 1.807) is 48.2 Å². The van der Waals surface area contributed by atoms with Crippen molar-refractivity contribution in [1.82, 2.24) is 10.4 Å². The number of hydroxylamine groups is 1. The smallest absolute Gasteiger partial charge is 0.255 e. The number of hydrogen-bond donors (Lipinski definition) is 2. The molecule has 1 aliphatic heterocycles. The summed E-state index contributed by atoms with van der Waals surface area (Å²) < 4.78 is 24.0. The normalized spacial score (nSPS) is 22.3. The van der Waals surface area contributed by atoms with Gasteiger partial charge in [0.25, 0.3) is 5.91 Å². The number of carbonyl (C=O) groups is 2. The van der Waals surface area contributed by atoms with E-state index in [9.17, 15) is 18.0 Å². The summed E-state index contributed by atoms with van der Waals surface area (Å²) in [5.41, 5.74) is 5.01. The Bertz CT molecular complexity index is 1250. The highest BCUT2D eigenvalue weighted by Crippen LogP contribution is 2.38. The Morgan fingerprint density at radius 2 is 1.60 bits per heavy atom. The van der Waals surface area contributed by atoms with Crippen molar-refractivity contribution in [2.24, 2.45) is 5.92 Å². The highest BCUT2D eigenvalue weighted by atomic mass is 32.2. The molecule has 218 valence electrons. The van der Waals surface area contributed by atoms with Crippen molar-refractivity contribution >= 4 is 27.3 Å². The van der Waals surface area contributed by atoms with E-state index < -0.39 is 9.84 Å². The molecule has 0 radical (unpaired) electrons. The lowest BCUT2D eigenvalue weighted by Gasteiger charge is -2.34. The van der Waals surface area contributed by atoms with Gasteiger partial charge in [-0.3, -0.25) is 14.4 Å². The van der Waals surface area contributed by atoms with Gasteiger partial charge in [-0.2, -0.15) is 5.48 Å². The maximum absolute atomic E-state index is 13.4. The van der Waals surface area contributed by atoms with Gasteiger partial charge in [0.1, 0.15) is 0 Å². The van der Waals surface area contributed by atoms with Crippen LogP contribution in [0.3, 0.4) is 0 Å². The number of nitrogens with zero attached hydrogens (tertiary/aromatic N) is 1. The van der Waals surface area contributed by atoms with Crippen LogP contribution >= 0.6 is 0 Å². The fourth-order valence-corrected chi connectivity index (χ4v) is 6.76. The van der Waals surface area contributed by atoms with Gasteiger partial charge in [-0.25, -0.2) is 8.42 Å². The van der Waals surface area contributed by atoms with Gasteiger partial charge < -0.3 is 10.2 Å². The highest BCUT2D eigenvalue weighted by molar-refractivity contribution is 7.91. The summed E-state index contributed by atoms with van der Waals surface area (Å²) in [5.74, 6) is 0.249. The molecule has 2 unspecified atom stereocenters. The maximum Gasteiger partial charge on any atom is 0.255 e. The Kier molecular flexibility index (Phi) is 10.0. The predicted octanol–water partition coefficient (Wildman–Crippen LogP) is 5.49. The first-order valence-electron chi connectivity index (χ1n) is 14.6. The summed E-state index contributed by atoms with van der Waals surface area (Å²) in [6, 6.07) is 13.3. The van der Waals surface area contributed by atoms with Crippen LogP contribution in [0, 0.1) is 5.92 Å². The topological polar surface area (TPSA) is 105 Å². The average molecular weight is 570 g/mol. The SMILES string of the molecule is CCN(C(=O)c1ccc(NC(=O)Cc2ccc(S(=O)(=O)CC)cc2)cc1)C1CC(C)(C2CCCCCCC2)NO1. The van der Waals surface area contributed by atoms with Gasteiger partial charge in [-0.05, 0) is 74.6 Å². The molecule has 2 aliphatic rings. The number of nitrogens with one attached hydrogen (secondary N) is 2. The zero-order valence-corrected chi connectivity index (χ0v) is 24.8. The van der Waals surface area contributed by atoms with Crippen molar-refractivity contribution < 1.29 is 22.8 Å². The van der Waals surface area contributed by atoms with Crippen molar-refractivity contribution in [3.05, 3.63) is 59.7 Å². The fraction of sp³-hybridized carbons (Fsp3) is 0.548. The molecule has 0 bridgehead atoms. The van der Waals surface area contributed by atoms with E-state index >= 15 is 0 Å². The van der Waals surface area contributed by atoms with E-state index in [2.05, 4.69) is 17.7 Å². The highest BCUT2D eigenvalue weighted by Gasteiger charge is 2.44. The van der Waals surface area contributed by atoms with Crippen LogP contribution < -0.4 is 10.8 Å². The molecule has 2 amide bonds. The van der Waals surface area contributed by atoms with E-state index in [-0.39, 0.29) is 40.7 Å². The number of benzene rings is 2. The standard InChI is InChI=1S/C31H43N3O5S/c1-4-34(29-22-31(3,33-39-29)25-11-9-7-6-8-10-12-25)30(36)24-15-17-26(18-16-24)32-28(35)21-23-13-19-27(20-14-23)40(37,38)5-2/h13-20,25,29,33H,4-12,21-22H2,1-3H3,(H,32,35). The Labute approximate surface area is 238 Å². The van der Waals surface area contributed by atoms with Gasteiger partial charge in [0.15, 0.2) is 16.1 Å². The molecule has 2 atom stereocenters. The van der Waals surface area contributed by atoms with Crippen molar-refractivity contribution in [3.8, 4) is 0 Å². The Morgan fingerprint density at radius 1 is 0.975 bits per heavy atom. The molecule has 4 rings (SSSR count). The second-order valence-electron chi connectivity index (χ2n) is 11.3. The average Bonchev–Trinajstić information content (AvgIpc) is 3.31. The number of hydrogen-bond acceptors (Lipinski definition) is 6. The Morgan fingerprint density at radius 3 is 2.20 bits per heavy atom. The minimum Gasteiger partial charge on any atom is -0.326 e. The molecule has 2 aromatic rings. The van der Waals surface area contributed by atoms with Gasteiger partial charge in [-0.15, -0.1) is 0 Å². The zero-order valence-electron chi connectivity index (χ0n) is 23.9. The summed E-state index contributed by atoms with van der Waals surface area (Å²) in [5, 5.41) is 2.85. The maximum atomic E-state index is 13.4. The van der Waals surface area contributed by atoms with Crippen molar-refractivity contribution in [2.75, 3.05) is 17.6 Å². The van der Waals surface area contributed by atoms with E-state index in [4.69, 9.17) is 4.84 Å². The van der Waals surface area contributed by atoms with E-state index in [1.165, 1.54) is 57.1 Å². The van der Waals surface area contributed by atoms with E-state index in [0.717, 1.165) is 12.0 Å². The number of carbonyl (C=O) groups excluding carboxylic acids is 2. The molecule has 9 heteroatoms. The van der Waals surface area contributed by atoms with Crippen LogP contribution in [0.4, 0.5) is 5.69 Å². The first kappa shape index (κ1) is 30.2. The third kappa shape index (κ3) is 7.30. The lowest BCUT2D eigenvalue weighted by atomic mass is 9.76. The van der Waals surface area contributed by atoms with Crippen LogP contribution in [0.1, 0.15) is 88.1 Å². The number of amides is 2. The van der Waals surface area contributed by atoms with E-state index in [1.807, 2.05) is 6.92 Å². The molecule has 1 saturated carbocycles. The predicted molar refractivity (Wildman–Crippen MR) is 156 cm³/mol. The second-order valence-corrected chi connectivity index (χ2v) is 13.6. The summed E-state index contributed by atoms with van der Waals surface area (Å²) in [7, 11) is -3.27. The van der Waals surface area contributed by atoms with Gasteiger partial charge in [0.05, 0.1) is 17.1 Å². The Balaban J connectivity index is 1.33. The molecule has 0 spiro atoms. The van der Waals surface area contributed by atoms with Crippen LogP contribution in [-0.2, 0) is 25.9 Å². The first-order chi connectivity index (χ1) is 19.1. The molecule has 1 heterocycles. The first-order valence-corrected chi connectivity index (χ1v) is 16.3. The van der Waals surface area contributed by atoms with Gasteiger partial charge in [0, 0.05) is 29.8 Å². The Hall–Kier alpha value is -2.75. The lowest BCUT2D eigenvalue weighted by Crippen LogP contribution is -2.44. The molecule has 2 aromatic carbocycles. The number of sulfone groups is 1. The van der Waals surface area contributed by atoms with Crippen molar-refractivity contribution in [2.45, 2.75) is 95.2 Å². The molecule has 40 heavy (non-hydrogen) atoms. The third-order valence-electron chi connectivity index (χ3n) is 8.42. The fourth-order valence-electron chi connectivity index (χ4n) is 5.88. The van der Waals surface area contributed by atoms with Crippen LogP contribution in [0.5, 0.6) is 0 Å². The molecule has 2 N–H and O–H groups in total. The minimum atomic E-state index is -3.27. The minimum absolute atomic E-state index is 0.0335. The third-order valence-corrected chi connectivity index (χ3v) is 10.2. The van der Waals surface area contributed by atoms with Crippen LogP contribution in [0.25, 0.3) is 0 Å². The molecule has 1 saturated heterocycles. The molecule has 8 nitrogen and oxygen atoms in total. The lowest BCUT2D eigenvalue weighted by molar-refractivity contribution is -0.115. The van der Waals surface area contributed by atoms with E-state index in [0.29, 0.717) is 23.7 Å². The zero-order chi connectivity index (χ0) is 28.8. The molecule has 0 aromatic heterocycles. The van der Waals surface area contributed by atoms with Crippen molar-refractivity contribution in [1.29, 1.82) is 0 Å². The summed E-state index contributed by atoms with van der Waals surface area (Å²) in [4.78, 5) is 34.1. The van der Waals surface area contributed by atoms with Gasteiger partial charge in [0.2, 0.25) is 5.91 Å². The van der Waals surface area contributed by atoms with Gasteiger partial charge in [-0.1, -0.05) is 51.2 Å². The van der Waals surface area contributed by atoms with Crippen LogP contribution in [0.15, 0.2) is 53.4 Å². The number of rotatable bonds is 9. The van der Waals surface area contributed by atoms with Gasteiger partial charge >= 0.3 is 0 Å². The second kappa shape index (κ2) is 13.3. The summed E-state index contributed by atoms with van der Waals surface area (Å²) in [6.07, 6.45) is 9.36. The van der Waals surface area contributed by atoms with Crippen LogP contribution in [-0.4, -0.2) is 49.2 Å². The molecule has 2 fully saturated rings. The molecule has 1 aliphatic carbocycles. The monoisotopic (exact) mass is 569 g/mol.